The van der Waals surface area contributed by atoms with Gasteiger partial charge in [-0.15, -0.1) is 0 Å². The smallest absolute Gasteiger partial charge is 0.307 e. The van der Waals surface area contributed by atoms with Crippen LogP contribution in [0.25, 0.3) is 11.0 Å². The zero-order valence-electron chi connectivity index (χ0n) is 13.2. The first-order chi connectivity index (χ1) is 11.7. The molecule has 1 atom stereocenters. The highest BCUT2D eigenvalue weighted by Crippen LogP contribution is 2.21. The highest BCUT2D eigenvalue weighted by atomic mass is 16.5. The van der Waals surface area contributed by atoms with Gasteiger partial charge in [-0.1, -0.05) is 48.5 Å². The van der Waals surface area contributed by atoms with E-state index in [4.69, 9.17) is 9.15 Å². The summed E-state index contributed by atoms with van der Waals surface area (Å²) in [5.74, 6) is -0.556. The van der Waals surface area contributed by atoms with Gasteiger partial charge in [0.2, 0.25) is 0 Å². The average Bonchev–Trinajstić information content (AvgIpc) is 3.06. The number of benzene rings is 2. The molecule has 1 heterocycles. The van der Waals surface area contributed by atoms with Crippen LogP contribution in [0, 0.1) is 0 Å². The van der Waals surface area contributed by atoms with E-state index in [1.54, 1.807) is 12.1 Å². The Morgan fingerprint density at radius 2 is 1.79 bits per heavy atom. The van der Waals surface area contributed by atoms with Crippen LogP contribution in [0.1, 0.15) is 28.6 Å². The number of para-hydroxylation sites is 1. The van der Waals surface area contributed by atoms with Crippen LogP contribution in [0.15, 0.2) is 65.1 Å². The van der Waals surface area contributed by atoms with Crippen LogP contribution in [0.5, 0.6) is 0 Å². The third-order valence-corrected chi connectivity index (χ3v) is 3.76. The third kappa shape index (κ3) is 3.46. The van der Waals surface area contributed by atoms with E-state index in [0.29, 0.717) is 5.58 Å². The van der Waals surface area contributed by atoms with E-state index >= 15 is 0 Å². The number of amides is 1. The summed E-state index contributed by atoms with van der Waals surface area (Å²) in [6.45, 7) is 0. The molecule has 0 aliphatic carbocycles. The summed E-state index contributed by atoms with van der Waals surface area (Å²) in [7, 11) is 1.32. The van der Waals surface area contributed by atoms with Crippen LogP contribution < -0.4 is 5.32 Å². The van der Waals surface area contributed by atoms with Gasteiger partial charge in [0.05, 0.1) is 19.6 Å². The first-order valence-corrected chi connectivity index (χ1v) is 7.58. The first kappa shape index (κ1) is 15.8. The van der Waals surface area contributed by atoms with Gasteiger partial charge in [-0.2, -0.15) is 0 Å². The largest absolute Gasteiger partial charge is 0.469 e. The number of ether oxygens (including phenoxy) is 1. The van der Waals surface area contributed by atoms with Crippen LogP contribution in [-0.2, 0) is 9.53 Å². The Labute approximate surface area is 139 Å². The van der Waals surface area contributed by atoms with Crippen molar-refractivity contribution in [3.05, 3.63) is 72.0 Å². The fourth-order valence-corrected chi connectivity index (χ4v) is 2.51. The van der Waals surface area contributed by atoms with Gasteiger partial charge in [0.1, 0.15) is 5.58 Å². The number of carbonyl (C=O) groups excluding carboxylic acids is 2. The molecule has 3 aromatic rings. The summed E-state index contributed by atoms with van der Waals surface area (Å²) in [5, 5.41) is 3.70. The van der Waals surface area contributed by atoms with Gasteiger partial charge < -0.3 is 14.5 Å². The molecule has 0 saturated heterocycles. The van der Waals surface area contributed by atoms with Crippen LogP contribution in [-0.4, -0.2) is 19.0 Å². The quantitative estimate of drug-likeness (QED) is 0.730. The molecular formula is C19H17NO4. The Morgan fingerprint density at radius 3 is 2.50 bits per heavy atom. The van der Waals surface area contributed by atoms with Crippen molar-refractivity contribution >= 4 is 22.8 Å². The molecule has 0 fully saturated rings. The maximum Gasteiger partial charge on any atom is 0.307 e. The molecular weight excluding hydrogens is 306 g/mol. The van der Waals surface area contributed by atoms with Crippen molar-refractivity contribution in [3.63, 3.8) is 0 Å². The van der Waals surface area contributed by atoms with Crippen molar-refractivity contribution in [2.75, 3.05) is 7.11 Å². The van der Waals surface area contributed by atoms with E-state index in [2.05, 4.69) is 5.32 Å². The average molecular weight is 323 g/mol. The normalized spacial score (nSPS) is 11.9. The minimum absolute atomic E-state index is 0.0481. The topological polar surface area (TPSA) is 68.5 Å². The molecule has 0 spiro atoms. The molecule has 0 aliphatic rings. The zero-order valence-corrected chi connectivity index (χ0v) is 13.2. The molecule has 0 radical (unpaired) electrons. The molecule has 24 heavy (non-hydrogen) atoms. The second-order valence-electron chi connectivity index (χ2n) is 5.37. The standard InChI is InChI=1S/C19H17NO4/c1-23-18(21)12-15(13-7-3-2-4-8-13)20-19(22)17-11-14-9-5-6-10-16(14)24-17/h2-11,15H,12H2,1H3,(H,20,22)/t15-/m1/s1. The van der Waals surface area contributed by atoms with Gasteiger partial charge in [-0.05, 0) is 17.7 Å². The molecule has 1 N–H and O–H groups in total. The van der Waals surface area contributed by atoms with Crippen LogP contribution in [0.3, 0.4) is 0 Å². The lowest BCUT2D eigenvalue weighted by atomic mass is 10.0. The number of methoxy groups -OCH3 is 1. The predicted molar refractivity (Wildman–Crippen MR) is 89.5 cm³/mol. The van der Waals surface area contributed by atoms with Gasteiger partial charge in [-0.25, -0.2) is 0 Å². The van der Waals surface area contributed by atoms with Gasteiger partial charge in [0.25, 0.3) is 5.91 Å². The minimum atomic E-state index is -0.487. The van der Waals surface area contributed by atoms with Crippen molar-refractivity contribution in [1.82, 2.24) is 5.32 Å². The Morgan fingerprint density at radius 1 is 1.08 bits per heavy atom. The molecule has 1 amide bonds. The second kappa shape index (κ2) is 7.00. The van der Waals surface area contributed by atoms with Crippen molar-refractivity contribution < 1.29 is 18.7 Å². The van der Waals surface area contributed by atoms with Gasteiger partial charge in [0.15, 0.2) is 5.76 Å². The summed E-state index contributed by atoms with van der Waals surface area (Å²) >= 11 is 0. The minimum Gasteiger partial charge on any atom is -0.469 e. The molecule has 0 bridgehead atoms. The monoisotopic (exact) mass is 323 g/mol. The van der Waals surface area contributed by atoms with E-state index in [1.807, 2.05) is 48.5 Å². The van der Waals surface area contributed by atoms with Crippen LogP contribution in [0.2, 0.25) is 0 Å². The lowest BCUT2D eigenvalue weighted by molar-refractivity contribution is -0.141. The molecule has 2 aromatic carbocycles. The molecule has 0 aliphatic heterocycles. The maximum absolute atomic E-state index is 12.5. The Kier molecular flexibility index (Phi) is 4.61. The van der Waals surface area contributed by atoms with Gasteiger partial charge >= 0.3 is 5.97 Å². The number of furan rings is 1. The van der Waals surface area contributed by atoms with E-state index in [0.717, 1.165) is 10.9 Å². The number of fused-ring (bicyclic) bond motifs is 1. The summed E-state index contributed by atoms with van der Waals surface area (Å²) < 4.78 is 10.3. The SMILES string of the molecule is COC(=O)C[C@@H](NC(=O)c1cc2ccccc2o1)c1ccccc1. The fourth-order valence-electron chi connectivity index (χ4n) is 2.51. The number of nitrogens with one attached hydrogen (secondary N) is 1. The lowest BCUT2D eigenvalue weighted by Crippen LogP contribution is -2.30. The van der Waals surface area contributed by atoms with E-state index in [-0.39, 0.29) is 18.1 Å². The second-order valence-corrected chi connectivity index (χ2v) is 5.37. The molecule has 0 unspecified atom stereocenters. The number of rotatable bonds is 5. The van der Waals surface area contributed by atoms with Crippen molar-refractivity contribution in [3.8, 4) is 0 Å². The summed E-state index contributed by atoms with van der Waals surface area (Å²) in [5.41, 5.74) is 1.47. The van der Waals surface area contributed by atoms with Gasteiger partial charge in [0, 0.05) is 5.39 Å². The van der Waals surface area contributed by atoms with Crippen LogP contribution >= 0.6 is 0 Å². The van der Waals surface area contributed by atoms with E-state index in [1.165, 1.54) is 7.11 Å². The lowest BCUT2D eigenvalue weighted by Gasteiger charge is -2.17. The molecule has 0 saturated carbocycles. The zero-order chi connectivity index (χ0) is 16.9. The van der Waals surface area contributed by atoms with Gasteiger partial charge in [-0.3, -0.25) is 9.59 Å². The number of esters is 1. The van der Waals surface area contributed by atoms with E-state index in [9.17, 15) is 9.59 Å². The van der Waals surface area contributed by atoms with E-state index < -0.39 is 12.0 Å². The number of carbonyl (C=O) groups is 2. The summed E-state index contributed by atoms with van der Waals surface area (Å²) in [6.07, 6.45) is 0.0481. The fraction of sp³-hybridized carbons (Fsp3) is 0.158. The predicted octanol–water partition coefficient (Wildman–Crippen LogP) is 3.47. The Bertz CT molecular complexity index is 821. The molecule has 1 aromatic heterocycles. The maximum atomic E-state index is 12.5. The molecule has 5 heteroatoms. The molecule has 3 rings (SSSR count). The molecule has 5 nitrogen and oxygen atoms in total. The number of hydrogen-bond acceptors (Lipinski definition) is 4. The molecule has 122 valence electrons. The third-order valence-electron chi connectivity index (χ3n) is 3.76. The highest BCUT2D eigenvalue weighted by Gasteiger charge is 2.21. The summed E-state index contributed by atoms with van der Waals surface area (Å²) in [6, 6.07) is 17.9. The van der Waals surface area contributed by atoms with Crippen molar-refractivity contribution in [2.45, 2.75) is 12.5 Å². The number of hydrogen-bond donors (Lipinski definition) is 1. The highest BCUT2D eigenvalue weighted by molar-refractivity contribution is 5.96. The Hall–Kier alpha value is -3.08. The van der Waals surface area contributed by atoms with Crippen LogP contribution in [0.4, 0.5) is 0 Å². The first-order valence-electron chi connectivity index (χ1n) is 7.58. The summed E-state index contributed by atoms with van der Waals surface area (Å²) in [4.78, 5) is 24.2. The Balaban J connectivity index is 1.83. The van der Waals surface area contributed by atoms with Crippen molar-refractivity contribution in [1.29, 1.82) is 0 Å². The van der Waals surface area contributed by atoms with Crippen molar-refractivity contribution in [2.24, 2.45) is 0 Å².